The molecule has 1 aromatic heterocycles. The Morgan fingerprint density at radius 3 is 2.40 bits per heavy atom. The first kappa shape index (κ1) is 12.8. The van der Waals surface area contributed by atoms with Crippen molar-refractivity contribution in [1.29, 1.82) is 0 Å². The molecule has 0 atom stereocenters. The first-order valence-corrected chi connectivity index (χ1v) is 7.11. The van der Waals surface area contributed by atoms with E-state index in [1.807, 2.05) is 35.2 Å². The zero-order chi connectivity index (χ0) is 13.8. The molecule has 5 heteroatoms. The predicted molar refractivity (Wildman–Crippen MR) is 75.7 cm³/mol. The van der Waals surface area contributed by atoms with E-state index in [4.69, 9.17) is 0 Å². The fourth-order valence-electron chi connectivity index (χ4n) is 2.48. The van der Waals surface area contributed by atoms with E-state index < -0.39 is 0 Å². The lowest BCUT2D eigenvalue weighted by Gasteiger charge is -2.18. The van der Waals surface area contributed by atoms with Gasteiger partial charge in [-0.2, -0.15) is 9.90 Å². The highest BCUT2D eigenvalue weighted by molar-refractivity contribution is 5.91. The van der Waals surface area contributed by atoms with Crippen molar-refractivity contribution in [3.63, 3.8) is 0 Å². The van der Waals surface area contributed by atoms with Crippen LogP contribution in [0.15, 0.2) is 36.5 Å². The minimum atomic E-state index is -0.00548. The monoisotopic (exact) mass is 270 g/mol. The molecule has 0 saturated carbocycles. The van der Waals surface area contributed by atoms with E-state index in [9.17, 15) is 4.79 Å². The van der Waals surface area contributed by atoms with Gasteiger partial charge in [-0.15, -0.1) is 5.10 Å². The number of hydrogen-bond acceptors (Lipinski definition) is 3. The lowest BCUT2D eigenvalue weighted by Crippen LogP contribution is -2.32. The molecule has 3 rings (SSSR count). The number of rotatable bonds is 2. The molecular weight excluding hydrogens is 252 g/mol. The molecule has 1 amide bonds. The first-order valence-electron chi connectivity index (χ1n) is 7.11. The van der Waals surface area contributed by atoms with Crippen LogP contribution in [0.3, 0.4) is 0 Å². The van der Waals surface area contributed by atoms with Gasteiger partial charge in [0, 0.05) is 13.1 Å². The Balaban J connectivity index is 1.77. The zero-order valence-corrected chi connectivity index (χ0v) is 11.4. The highest BCUT2D eigenvalue weighted by Gasteiger charge is 2.20. The summed E-state index contributed by atoms with van der Waals surface area (Å²) in [6, 6.07) is 9.63. The van der Waals surface area contributed by atoms with E-state index in [0.29, 0.717) is 5.69 Å². The standard InChI is InChI=1S/C15H18N4O/c20-15(18-10-6-1-2-7-11-18)14-12-16-19(17-14)13-8-4-3-5-9-13/h3-5,8-9,12H,1-2,6-7,10-11H2. The molecule has 0 aliphatic carbocycles. The number of aromatic nitrogens is 3. The summed E-state index contributed by atoms with van der Waals surface area (Å²) in [5.74, 6) is -0.00548. The maximum absolute atomic E-state index is 12.4. The average molecular weight is 270 g/mol. The molecule has 1 fully saturated rings. The maximum Gasteiger partial charge on any atom is 0.276 e. The van der Waals surface area contributed by atoms with Crippen LogP contribution in [0, 0.1) is 0 Å². The van der Waals surface area contributed by atoms with Crippen molar-refractivity contribution in [3.8, 4) is 5.69 Å². The van der Waals surface area contributed by atoms with E-state index in [1.54, 1.807) is 6.20 Å². The molecular formula is C15H18N4O. The SMILES string of the molecule is O=C(c1cnn(-c2ccccc2)n1)N1CCCCCC1. The largest absolute Gasteiger partial charge is 0.337 e. The Labute approximate surface area is 118 Å². The van der Waals surface area contributed by atoms with Crippen molar-refractivity contribution in [2.75, 3.05) is 13.1 Å². The van der Waals surface area contributed by atoms with Crippen molar-refractivity contribution in [2.45, 2.75) is 25.7 Å². The van der Waals surface area contributed by atoms with Crippen molar-refractivity contribution in [3.05, 3.63) is 42.2 Å². The molecule has 1 saturated heterocycles. The van der Waals surface area contributed by atoms with Crippen LogP contribution in [-0.4, -0.2) is 38.9 Å². The third-order valence-electron chi connectivity index (χ3n) is 3.59. The van der Waals surface area contributed by atoms with Crippen LogP contribution < -0.4 is 0 Å². The van der Waals surface area contributed by atoms with Crippen molar-refractivity contribution >= 4 is 5.91 Å². The highest BCUT2D eigenvalue weighted by Crippen LogP contribution is 2.12. The smallest absolute Gasteiger partial charge is 0.276 e. The molecule has 0 unspecified atom stereocenters. The predicted octanol–water partition coefficient (Wildman–Crippen LogP) is 2.28. The summed E-state index contributed by atoms with van der Waals surface area (Å²) in [7, 11) is 0. The Bertz CT molecular complexity index is 571. The number of hydrogen-bond donors (Lipinski definition) is 0. The van der Waals surface area contributed by atoms with E-state index in [1.165, 1.54) is 17.6 Å². The van der Waals surface area contributed by atoms with E-state index >= 15 is 0 Å². The zero-order valence-electron chi connectivity index (χ0n) is 11.4. The molecule has 20 heavy (non-hydrogen) atoms. The molecule has 5 nitrogen and oxygen atoms in total. The molecule has 0 N–H and O–H groups in total. The summed E-state index contributed by atoms with van der Waals surface area (Å²) in [6.07, 6.45) is 6.14. The van der Waals surface area contributed by atoms with Gasteiger partial charge in [-0.05, 0) is 25.0 Å². The van der Waals surface area contributed by atoms with Gasteiger partial charge in [0.2, 0.25) is 0 Å². The molecule has 0 radical (unpaired) electrons. The lowest BCUT2D eigenvalue weighted by atomic mass is 10.2. The second-order valence-corrected chi connectivity index (χ2v) is 5.06. The van der Waals surface area contributed by atoms with Gasteiger partial charge >= 0.3 is 0 Å². The Kier molecular flexibility index (Phi) is 3.76. The van der Waals surface area contributed by atoms with Crippen LogP contribution in [0.25, 0.3) is 5.69 Å². The molecule has 1 aliphatic rings. The third-order valence-corrected chi connectivity index (χ3v) is 3.59. The number of carbonyl (C=O) groups excluding carboxylic acids is 1. The normalized spacial score (nSPS) is 15.9. The van der Waals surface area contributed by atoms with Crippen LogP contribution >= 0.6 is 0 Å². The van der Waals surface area contributed by atoms with Crippen molar-refractivity contribution in [2.24, 2.45) is 0 Å². The minimum absolute atomic E-state index is 0.00548. The first-order chi connectivity index (χ1) is 9.84. The van der Waals surface area contributed by atoms with Gasteiger partial charge in [-0.25, -0.2) is 0 Å². The summed E-state index contributed by atoms with van der Waals surface area (Å²) in [5, 5.41) is 8.48. The summed E-state index contributed by atoms with van der Waals surface area (Å²) in [5.41, 5.74) is 1.29. The van der Waals surface area contributed by atoms with Gasteiger partial charge in [0.15, 0.2) is 5.69 Å². The fourth-order valence-corrected chi connectivity index (χ4v) is 2.48. The molecule has 2 heterocycles. The van der Waals surface area contributed by atoms with Crippen LogP contribution in [0.5, 0.6) is 0 Å². The molecule has 0 bridgehead atoms. The van der Waals surface area contributed by atoms with Gasteiger partial charge in [0.25, 0.3) is 5.91 Å². The number of carbonyl (C=O) groups is 1. The van der Waals surface area contributed by atoms with Crippen LogP contribution in [0.2, 0.25) is 0 Å². The summed E-state index contributed by atoms with van der Waals surface area (Å²) >= 11 is 0. The number of nitrogens with zero attached hydrogens (tertiary/aromatic N) is 4. The highest BCUT2D eigenvalue weighted by atomic mass is 16.2. The maximum atomic E-state index is 12.4. The molecule has 104 valence electrons. The topological polar surface area (TPSA) is 51.0 Å². The van der Waals surface area contributed by atoms with E-state index in [-0.39, 0.29) is 5.91 Å². The third kappa shape index (κ3) is 2.71. The average Bonchev–Trinajstić information content (AvgIpc) is 2.83. The van der Waals surface area contributed by atoms with Crippen molar-refractivity contribution in [1.82, 2.24) is 19.9 Å². The van der Waals surface area contributed by atoms with Gasteiger partial charge in [-0.1, -0.05) is 31.0 Å². The number of amides is 1. The molecule has 1 aromatic carbocycles. The van der Waals surface area contributed by atoms with Crippen molar-refractivity contribution < 1.29 is 4.79 Å². The Morgan fingerprint density at radius 1 is 1.00 bits per heavy atom. The van der Waals surface area contributed by atoms with E-state index in [0.717, 1.165) is 31.6 Å². The van der Waals surface area contributed by atoms with Gasteiger partial charge in [-0.3, -0.25) is 4.79 Å². The summed E-state index contributed by atoms with van der Waals surface area (Å²) < 4.78 is 0. The Hall–Kier alpha value is -2.17. The van der Waals surface area contributed by atoms with Crippen LogP contribution in [-0.2, 0) is 0 Å². The van der Waals surface area contributed by atoms with Gasteiger partial charge in [0.05, 0.1) is 11.9 Å². The number of likely N-dealkylation sites (tertiary alicyclic amines) is 1. The molecule has 2 aromatic rings. The minimum Gasteiger partial charge on any atom is -0.337 e. The van der Waals surface area contributed by atoms with Gasteiger partial charge in [0.1, 0.15) is 0 Å². The van der Waals surface area contributed by atoms with Crippen LogP contribution in [0.4, 0.5) is 0 Å². The second-order valence-electron chi connectivity index (χ2n) is 5.06. The Morgan fingerprint density at radius 2 is 1.70 bits per heavy atom. The summed E-state index contributed by atoms with van der Waals surface area (Å²) in [4.78, 5) is 15.8. The van der Waals surface area contributed by atoms with Crippen LogP contribution in [0.1, 0.15) is 36.2 Å². The lowest BCUT2D eigenvalue weighted by molar-refractivity contribution is 0.0755. The quantitative estimate of drug-likeness (QED) is 0.841. The molecule has 1 aliphatic heterocycles. The second kappa shape index (κ2) is 5.86. The fraction of sp³-hybridized carbons (Fsp3) is 0.400. The van der Waals surface area contributed by atoms with Gasteiger partial charge < -0.3 is 4.90 Å². The van der Waals surface area contributed by atoms with E-state index in [2.05, 4.69) is 10.2 Å². The summed E-state index contributed by atoms with van der Waals surface area (Å²) in [6.45, 7) is 1.66. The number of para-hydroxylation sites is 1. The molecule has 0 spiro atoms. The number of benzene rings is 1.